The maximum absolute atomic E-state index is 12.0. The highest BCUT2D eigenvalue weighted by Crippen LogP contribution is 2.23. The van der Waals surface area contributed by atoms with Crippen LogP contribution in [0.25, 0.3) is 0 Å². The fourth-order valence-electron chi connectivity index (χ4n) is 2.11. The van der Waals surface area contributed by atoms with Crippen molar-refractivity contribution >= 4 is 39.8 Å². The Balaban J connectivity index is 1.53. The van der Waals surface area contributed by atoms with Crippen molar-refractivity contribution < 1.29 is 9.53 Å². The highest BCUT2D eigenvalue weighted by molar-refractivity contribution is 7.15. The Morgan fingerprint density at radius 1 is 1.12 bits per heavy atom. The highest BCUT2D eigenvalue weighted by atomic mass is 35.5. The van der Waals surface area contributed by atoms with Crippen LogP contribution in [-0.2, 0) is 6.61 Å². The standard InChI is InChI=1S/C18H17ClN4O2S/c1-11-3-5-13(6-4-11)20-17(24)21-18-23-22-16(26-18)10-25-14-7-8-15(19)12(2)9-14/h3-9H,10H2,1-2H3,(H2,20,21,23,24). The number of benzene rings is 2. The molecule has 26 heavy (non-hydrogen) atoms. The molecule has 0 radical (unpaired) electrons. The first-order valence-corrected chi connectivity index (χ1v) is 9.05. The summed E-state index contributed by atoms with van der Waals surface area (Å²) < 4.78 is 5.67. The Morgan fingerprint density at radius 3 is 2.62 bits per heavy atom. The molecule has 0 fully saturated rings. The summed E-state index contributed by atoms with van der Waals surface area (Å²) in [4.78, 5) is 12.0. The molecule has 0 spiro atoms. The van der Waals surface area contributed by atoms with Gasteiger partial charge in [-0.2, -0.15) is 0 Å². The van der Waals surface area contributed by atoms with Crippen LogP contribution in [0.15, 0.2) is 42.5 Å². The Kier molecular flexibility index (Phi) is 5.70. The molecule has 2 aromatic carbocycles. The number of ether oxygens (including phenoxy) is 1. The normalized spacial score (nSPS) is 10.4. The van der Waals surface area contributed by atoms with E-state index in [4.69, 9.17) is 16.3 Å². The van der Waals surface area contributed by atoms with Crippen LogP contribution >= 0.6 is 22.9 Å². The number of nitrogens with one attached hydrogen (secondary N) is 2. The molecule has 3 aromatic rings. The molecule has 0 aliphatic rings. The van der Waals surface area contributed by atoms with Gasteiger partial charge < -0.3 is 10.1 Å². The number of aromatic nitrogens is 2. The van der Waals surface area contributed by atoms with Crippen LogP contribution in [0.3, 0.4) is 0 Å². The van der Waals surface area contributed by atoms with Crippen LogP contribution in [0.4, 0.5) is 15.6 Å². The van der Waals surface area contributed by atoms with Gasteiger partial charge in [0.1, 0.15) is 12.4 Å². The minimum Gasteiger partial charge on any atom is -0.486 e. The average Bonchev–Trinajstić information content (AvgIpc) is 3.05. The maximum atomic E-state index is 12.0. The molecule has 0 saturated carbocycles. The van der Waals surface area contributed by atoms with Crippen molar-refractivity contribution in [3.05, 3.63) is 63.6 Å². The molecule has 1 aromatic heterocycles. The first-order chi connectivity index (χ1) is 12.5. The molecule has 1 heterocycles. The number of amides is 2. The largest absolute Gasteiger partial charge is 0.486 e. The molecule has 134 valence electrons. The summed E-state index contributed by atoms with van der Waals surface area (Å²) in [7, 11) is 0. The predicted octanol–water partition coefficient (Wildman–Crippen LogP) is 5.03. The third-order valence-electron chi connectivity index (χ3n) is 3.49. The van der Waals surface area contributed by atoms with Gasteiger partial charge in [-0.1, -0.05) is 40.6 Å². The summed E-state index contributed by atoms with van der Waals surface area (Å²) >= 11 is 7.25. The third-order valence-corrected chi connectivity index (χ3v) is 4.72. The first-order valence-electron chi connectivity index (χ1n) is 7.85. The van der Waals surface area contributed by atoms with E-state index in [1.165, 1.54) is 11.3 Å². The van der Waals surface area contributed by atoms with Gasteiger partial charge in [0, 0.05) is 10.7 Å². The predicted molar refractivity (Wildman–Crippen MR) is 104 cm³/mol. The number of halogens is 1. The monoisotopic (exact) mass is 388 g/mol. The Morgan fingerprint density at radius 2 is 1.88 bits per heavy atom. The van der Waals surface area contributed by atoms with Gasteiger partial charge in [-0.25, -0.2) is 4.79 Å². The topological polar surface area (TPSA) is 76.1 Å². The van der Waals surface area contributed by atoms with E-state index >= 15 is 0 Å². The molecule has 0 aliphatic heterocycles. The van der Waals surface area contributed by atoms with Gasteiger partial charge in [-0.05, 0) is 49.7 Å². The highest BCUT2D eigenvalue weighted by Gasteiger charge is 2.09. The number of carbonyl (C=O) groups excluding carboxylic acids is 1. The molecule has 0 saturated heterocycles. The van der Waals surface area contributed by atoms with E-state index in [9.17, 15) is 4.79 Å². The Bertz CT molecular complexity index is 912. The van der Waals surface area contributed by atoms with Crippen molar-refractivity contribution in [2.75, 3.05) is 10.6 Å². The fraction of sp³-hybridized carbons (Fsp3) is 0.167. The number of hydrogen-bond donors (Lipinski definition) is 2. The van der Waals surface area contributed by atoms with Crippen LogP contribution < -0.4 is 15.4 Å². The number of hydrogen-bond acceptors (Lipinski definition) is 5. The lowest BCUT2D eigenvalue weighted by Gasteiger charge is -2.05. The zero-order valence-corrected chi connectivity index (χ0v) is 15.8. The van der Waals surface area contributed by atoms with Gasteiger partial charge >= 0.3 is 6.03 Å². The number of urea groups is 1. The third kappa shape index (κ3) is 4.93. The van der Waals surface area contributed by atoms with Crippen molar-refractivity contribution in [2.45, 2.75) is 20.5 Å². The van der Waals surface area contributed by atoms with E-state index in [0.29, 0.717) is 26.6 Å². The van der Waals surface area contributed by atoms with Crippen LogP contribution in [0.2, 0.25) is 5.02 Å². The molecule has 2 amide bonds. The smallest absolute Gasteiger partial charge is 0.325 e. The average molecular weight is 389 g/mol. The van der Waals surface area contributed by atoms with E-state index in [0.717, 1.165) is 11.1 Å². The Labute approximate surface area is 160 Å². The van der Waals surface area contributed by atoms with Gasteiger partial charge in [0.05, 0.1) is 0 Å². The molecule has 8 heteroatoms. The van der Waals surface area contributed by atoms with Crippen LogP contribution in [-0.4, -0.2) is 16.2 Å². The van der Waals surface area contributed by atoms with Gasteiger partial charge in [0.2, 0.25) is 5.13 Å². The summed E-state index contributed by atoms with van der Waals surface area (Å²) in [6, 6.07) is 12.6. The molecule has 0 aliphatic carbocycles. The van der Waals surface area contributed by atoms with Crippen LogP contribution in [0, 0.1) is 13.8 Å². The van der Waals surface area contributed by atoms with Crippen molar-refractivity contribution in [3.8, 4) is 5.75 Å². The number of carbonyl (C=O) groups is 1. The second kappa shape index (κ2) is 8.16. The van der Waals surface area contributed by atoms with E-state index in [2.05, 4.69) is 20.8 Å². The number of nitrogens with zero attached hydrogens (tertiary/aromatic N) is 2. The zero-order chi connectivity index (χ0) is 18.5. The second-order valence-electron chi connectivity index (χ2n) is 5.65. The molecule has 0 unspecified atom stereocenters. The SMILES string of the molecule is Cc1ccc(NC(=O)Nc2nnc(COc3ccc(Cl)c(C)c3)s2)cc1. The number of aryl methyl sites for hydroxylation is 2. The molecule has 0 bridgehead atoms. The van der Waals surface area contributed by atoms with E-state index in [1.54, 1.807) is 12.1 Å². The minimum absolute atomic E-state index is 0.264. The maximum Gasteiger partial charge on any atom is 0.325 e. The molecule has 2 N–H and O–H groups in total. The lowest BCUT2D eigenvalue weighted by atomic mass is 10.2. The van der Waals surface area contributed by atoms with Gasteiger partial charge in [-0.3, -0.25) is 5.32 Å². The van der Waals surface area contributed by atoms with Gasteiger partial charge in [0.15, 0.2) is 5.01 Å². The molecular formula is C18H17ClN4O2S. The fourth-order valence-corrected chi connectivity index (χ4v) is 2.88. The van der Waals surface area contributed by atoms with Crippen molar-refractivity contribution in [2.24, 2.45) is 0 Å². The van der Waals surface area contributed by atoms with E-state index < -0.39 is 0 Å². The summed E-state index contributed by atoms with van der Waals surface area (Å²) in [6.45, 7) is 4.16. The number of anilines is 2. The lowest BCUT2D eigenvalue weighted by molar-refractivity contribution is 0.262. The van der Waals surface area contributed by atoms with Gasteiger partial charge in [-0.15, -0.1) is 10.2 Å². The number of rotatable bonds is 5. The van der Waals surface area contributed by atoms with Crippen LogP contribution in [0.5, 0.6) is 5.75 Å². The summed E-state index contributed by atoms with van der Waals surface area (Å²) in [5.41, 5.74) is 2.77. The lowest BCUT2D eigenvalue weighted by Crippen LogP contribution is -2.19. The molecule has 0 atom stereocenters. The zero-order valence-electron chi connectivity index (χ0n) is 14.2. The first kappa shape index (κ1) is 18.2. The molecule has 3 rings (SSSR count). The summed E-state index contributed by atoms with van der Waals surface area (Å²) in [6.07, 6.45) is 0. The van der Waals surface area contributed by atoms with Crippen molar-refractivity contribution in [1.29, 1.82) is 0 Å². The molecule has 6 nitrogen and oxygen atoms in total. The van der Waals surface area contributed by atoms with Crippen molar-refractivity contribution in [1.82, 2.24) is 10.2 Å². The second-order valence-corrected chi connectivity index (χ2v) is 7.12. The summed E-state index contributed by atoms with van der Waals surface area (Å²) in [5, 5.41) is 15.1. The van der Waals surface area contributed by atoms with Gasteiger partial charge in [0.25, 0.3) is 0 Å². The van der Waals surface area contributed by atoms with Crippen molar-refractivity contribution in [3.63, 3.8) is 0 Å². The minimum atomic E-state index is -0.370. The molecular weight excluding hydrogens is 372 g/mol. The van der Waals surface area contributed by atoms with E-state index in [1.807, 2.05) is 44.2 Å². The Hall–Kier alpha value is -2.64. The van der Waals surface area contributed by atoms with Crippen LogP contribution in [0.1, 0.15) is 16.1 Å². The van der Waals surface area contributed by atoms with E-state index in [-0.39, 0.29) is 12.6 Å². The quantitative estimate of drug-likeness (QED) is 0.642. The summed E-state index contributed by atoms with van der Waals surface area (Å²) in [5.74, 6) is 0.703.